The van der Waals surface area contributed by atoms with Gasteiger partial charge in [-0.05, 0) is 42.3 Å². The molecule has 0 atom stereocenters. The van der Waals surface area contributed by atoms with Crippen LogP contribution in [-0.4, -0.2) is 26.8 Å². The molecule has 0 aliphatic rings. The predicted molar refractivity (Wildman–Crippen MR) is 90.7 cm³/mol. The van der Waals surface area contributed by atoms with E-state index in [2.05, 4.69) is 16.0 Å². The van der Waals surface area contributed by atoms with Crippen LogP contribution >= 0.6 is 22.7 Å². The summed E-state index contributed by atoms with van der Waals surface area (Å²) in [6, 6.07) is 11.2. The molecule has 0 saturated heterocycles. The molecular weight excluding hydrogens is 316 g/mol. The first kappa shape index (κ1) is 13.6. The second kappa shape index (κ2) is 5.31. The summed E-state index contributed by atoms with van der Waals surface area (Å²) in [6.07, 6.45) is 0.656. The van der Waals surface area contributed by atoms with Crippen LogP contribution in [0.5, 0.6) is 5.75 Å². The normalized spacial score (nSPS) is 11.5. The summed E-state index contributed by atoms with van der Waals surface area (Å²) >= 11 is 3.13. The molecule has 110 valence electrons. The average molecular weight is 328 g/mol. The van der Waals surface area contributed by atoms with Gasteiger partial charge < -0.3 is 10.2 Å². The number of benzene rings is 2. The number of fused-ring (bicyclic) bond motifs is 2. The highest BCUT2D eigenvalue weighted by Crippen LogP contribution is 2.36. The van der Waals surface area contributed by atoms with Crippen LogP contribution in [0.15, 0.2) is 36.4 Å². The molecule has 2 heterocycles. The third kappa shape index (κ3) is 2.35. The maximum absolute atomic E-state index is 9.55. The summed E-state index contributed by atoms with van der Waals surface area (Å²) in [6.45, 7) is 0.151. The van der Waals surface area contributed by atoms with Crippen molar-refractivity contribution in [1.29, 1.82) is 0 Å². The Labute approximate surface area is 134 Å². The summed E-state index contributed by atoms with van der Waals surface area (Å²) in [5, 5.41) is 20.3. The molecule has 22 heavy (non-hydrogen) atoms. The Morgan fingerprint density at radius 2 is 1.50 bits per heavy atom. The Bertz CT molecular complexity index is 975. The minimum absolute atomic E-state index is 0.151. The van der Waals surface area contributed by atoms with E-state index in [1.54, 1.807) is 23.5 Å². The molecule has 4 nitrogen and oxygen atoms in total. The first-order chi connectivity index (χ1) is 10.7. The van der Waals surface area contributed by atoms with Crippen molar-refractivity contribution in [3.05, 3.63) is 42.0 Å². The molecule has 4 rings (SSSR count). The maximum Gasteiger partial charge on any atom is 0.153 e. The number of aromatic nitrogens is 2. The zero-order chi connectivity index (χ0) is 15.1. The highest BCUT2D eigenvalue weighted by Gasteiger charge is 2.12. The monoisotopic (exact) mass is 328 g/mol. The first-order valence-electron chi connectivity index (χ1n) is 6.83. The number of hydrogen-bond acceptors (Lipinski definition) is 6. The van der Waals surface area contributed by atoms with Gasteiger partial charge >= 0.3 is 0 Å². The second-order valence-electron chi connectivity index (χ2n) is 4.97. The summed E-state index contributed by atoms with van der Waals surface area (Å²) in [7, 11) is 0. The van der Waals surface area contributed by atoms with Crippen LogP contribution in [0.3, 0.4) is 0 Å². The van der Waals surface area contributed by atoms with Gasteiger partial charge in [-0.25, -0.2) is 9.97 Å². The highest BCUT2D eigenvalue weighted by molar-refractivity contribution is 7.27. The van der Waals surface area contributed by atoms with Crippen molar-refractivity contribution < 1.29 is 10.2 Å². The molecule has 0 fully saturated rings. The van der Waals surface area contributed by atoms with Crippen LogP contribution in [0, 0.1) is 0 Å². The average Bonchev–Trinajstić information content (AvgIpc) is 3.09. The Morgan fingerprint density at radius 1 is 0.864 bits per heavy atom. The fourth-order valence-electron chi connectivity index (χ4n) is 2.35. The van der Waals surface area contributed by atoms with Gasteiger partial charge in [0, 0.05) is 6.61 Å². The van der Waals surface area contributed by atoms with E-state index < -0.39 is 0 Å². The number of phenolic OH excluding ortho intramolecular Hbond substituents is 1. The lowest BCUT2D eigenvalue weighted by molar-refractivity contribution is 0.299. The van der Waals surface area contributed by atoms with Gasteiger partial charge in [0.05, 0.1) is 20.4 Å². The van der Waals surface area contributed by atoms with Crippen LogP contribution in [0.1, 0.15) is 5.56 Å². The minimum atomic E-state index is 0.151. The summed E-state index contributed by atoms with van der Waals surface area (Å²) in [4.78, 5) is 9.24. The summed E-state index contributed by atoms with van der Waals surface area (Å²) in [5.41, 5.74) is 2.93. The molecule has 6 heteroatoms. The number of aliphatic hydroxyl groups excluding tert-OH is 1. The van der Waals surface area contributed by atoms with Gasteiger partial charge in [-0.1, -0.05) is 6.07 Å². The van der Waals surface area contributed by atoms with Crippen molar-refractivity contribution in [2.24, 2.45) is 0 Å². The predicted octanol–water partition coefficient (Wildman–Crippen LogP) is 3.81. The zero-order valence-corrected chi connectivity index (χ0v) is 13.1. The van der Waals surface area contributed by atoms with Gasteiger partial charge in [0.25, 0.3) is 0 Å². The molecule has 0 bridgehead atoms. The molecule has 2 aromatic heterocycles. The lowest BCUT2D eigenvalue weighted by atomic mass is 10.1. The van der Waals surface area contributed by atoms with E-state index in [4.69, 9.17) is 5.11 Å². The number of phenols is 1. The lowest BCUT2D eigenvalue weighted by Crippen LogP contribution is -1.88. The van der Waals surface area contributed by atoms with E-state index in [-0.39, 0.29) is 12.4 Å². The van der Waals surface area contributed by atoms with E-state index in [0.29, 0.717) is 6.42 Å². The molecule has 0 amide bonds. The summed E-state index contributed by atoms with van der Waals surface area (Å²) < 4.78 is 2.05. The van der Waals surface area contributed by atoms with Gasteiger partial charge in [0.1, 0.15) is 5.75 Å². The Balaban J connectivity index is 1.81. The third-order valence-electron chi connectivity index (χ3n) is 3.41. The Kier molecular flexibility index (Phi) is 3.29. The fraction of sp³-hybridized carbons (Fsp3) is 0.125. The van der Waals surface area contributed by atoms with E-state index in [1.807, 2.05) is 18.2 Å². The number of aliphatic hydroxyl groups is 1. The summed E-state index contributed by atoms with van der Waals surface area (Å²) in [5.74, 6) is 0.251. The van der Waals surface area contributed by atoms with Gasteiger partial charge in [0.15, 0.2) is 10.0 Å². The fourth-order valence-corrected chi connectivity index (χ4v) is 4.40. The van der Waals surface area contributed by atoms with Crippen molar-refractivity contribution in [3.63, 3.8) is 0 Å². The SMILES string of the molecule is OCCc1ccc2nc(-c3nc4ccc(O)cc4s3)sc2c1. The third-order valence-corrected chi connectivity index (χ3v) is 5.59. The molecule has 0 spiro atoms. The van der Waals surface area contributed by atoms with E-state index in [0.717, 1.165) is 36.0 Å². The molecule has 2 N–H and O–H groups in total. The Hall–Kier alpha value is -2.02. The van der Waals surface area contributed by atoms with Crippen molar-refractivity contribution in [3.8, 4) is 15.8 Å². The number of nitrogens with zero attached hydrogens (tertiary/aromatic N) is 2. The van der Waals surface area contributed by atoms with E-state index in [9.17, 15) is 5.11 Å². The van der Waals surface area contributed by atoms with Gasteiger partial charge in [-0.15, -0.1) is 22.7 Å². The molecule has 0 saturated carbocycles. The smallest absolute Gasteiger partial charge is 0.153 e. The molecule has 4 aromatic rings. The topological polar surface area (TPSA) is 66.2 Å². The van der Waals surface area contributed by atoms with Gasteiger partial charge in [-0.3, -0.25) is 0 Å². The minimum Gasteiger partial charge on any atom is -0.508 e. The van der Waals surface area contributed by atoms with Crippen molar-refractivity contribution >= 4 is 43.1 Å². The van der Waals surface area contributed by atoms with Gasteiger partial charge in [-0.2, -0.15) is 0 Å². The standard InChI is InChI=1S/C16H12N2O2S2/c19-6-5-9-1-3-11-13(7-9)21-15(17-11)16-18-12-4-2-10(20)8-14(12)22-16/h1-4,7-8,19-20H,5-6H2. The van der Waals surface area contributed by atoms with E-state index in [1.165, 1.54) is 11.3 Å². The van der Waals surface area contributed by atoms with Crippen molar-refractivity contribution in [1.82, 2.24) is 9.97 Å². The van der Waals surface area contributed by atoms with Crippen molar-refractivity contribution in [2.45, 2.75) is 6.42 Å². The van der Waals surface area contributed by atoms with Gasteiger partial charge in [0.2, 0.25) is 0 Å². The zero-order valence-electron chi connectivity index (χ0n) is 11.5. The second-order valence-corrected chi connectivity index (χ2v) is 7.03. The van der Waals surface area contributed by atoms with Crippen LogP contribution in [0.4, 0.5) is 0 Å². The molecule has 0 unspecified atom stereocenters. The first-order valence-corrected chi connectivity index (χ1v) is 8.46. The molecule has 0 radical (unpaired) electrons. The maximum atomic E-state index is 9.55. The molecule has 0 aliphatic heterocycles. The molecular formula is C16H12N2O2S2. The number of aromatic hydroxyl groups is 1. The van der Waals surface area contributed by atoms with Crippen LogP contribution in [-0.2, 0) is 6.42 Å². The Morgan fingerprint density at radius 3 is 2.18 bits per heavy atom. The largest absolute Gasteiger partial charge is 0.508 e. The lowest BCUT2D eigenvalue weighted by Gasteiger charge is -1.96. The quantitative estimate of drug-likeness (QED) is 0.600. The number of hydrogen-bond donors (Lipinski definition) is 2. The van der Waals surface area contributed by atoms with Crippen LogP contribution in [0.2, 0.25) is 0 Å². The highest BCUT2D eigenvalue weighted by atomic mass is 32.1. The van der Waals surface area contributed by atoms with Crippen LogP contribution < -0.4 is 0 Å². The number of thiazole rings is 2. The molecule has 2 aromatic carbocycles. The van der Waals surface area contributed by atoms with E-state index >= 15 is 0 Å². The number of rotatable bonds is 3. The van der Waals surface area contributed by atoms with Crippen molar-refractivity contribution in [2.75, 3.05) is 6.61 Å². The molecule has 0 aliphatic carbocycles. The van der Waals surface area contributed by atoms with Crippen LogP contribution in [0.25, 0.3) is 30.4 Å².